The number of nitrogens with one attached hydrogen (secondary N) is 1. The van der Waals surface area contributed by atoms with Gasteiger partial charge in [0, 0.05) is 17.6 Å². The summed E-state index contributed by atoms with van der Waals surface area (Å²) in [6.45, 7) is 3.62. The van der Waals surface area contributed by atoms with Crippen LogP contribution in [0.15, 0.2) is 18.2 Å². The maximum absolute atomic E-state index is 12.9. The van der Waals surface area contributed by atoms with Crippen molar-refractivity contribution in [2.24, 2.45) is 0 Å². The van der Waals surface area contributed by atoms with Gasteiger partial charge < -0.3 is 15.5 Å². The highest BCUT2D eigenvalue weighted by Gasteiger charge is 2.13. The van der Waals surface area contributed by atoms with Gasteiger partial charge >= 0.3 is 0 Å². The summed E-state index contributed by atoms with van der Waals surface area (Å²) in [4.78, 5) is 0. The van der Waals surface area contributed by atoms with Gasteiger partial charge in [0.25, 0.3) is 0 Å². The van der Waals surface area contributed by atoms with Gasteiger partial charge in [0.1, 0.15) is 11.6 Å². The van der Waals surface area contributed by atoms with Crippen molar-refractivity contribution in [2.45, 2.75) is 25.9 Å². The quantitative estimate of drug-likeness (QED) is 0.711. The molecule has 0 aliphatic heterocycles. The lowest BCUT2D eigenvalue weighted by atomic mass is 10.1. The van der Waals surface area contributed by atoms with Gasteiger partial charge in [0.15, 0.2) is 0 Å². The molecule has 15 heavy (non-hydrogen) atoms. The van der Waals surface area contributed by atoms with Crippen molar-refractivity contribution in [3.63, 3.8) is 0 Å². The second kappa shape index (κ2) is 5.09. The Kier molecular flexibility index (Phi) is 4.05. The van der Waals surface area contributed by atoms with E-state index in [4.69, 9.17) is 5.11 Å². The molecule has 4 heteroatoms. The van der Waals surface area contributed by atoms with Crippen LogP contribution in [0.2, 0.25) is 0 Å². The van der Waals surface area contributed by atoms with Crippen LogP contribution < -0.4 is 5.32 Å². The van der Waals surface area contributed by atoms with Crippen LogP contribution in [0.25, 0.3) is 0 Å². The number of phenolic OH excluding ortho intramolecular Hbond substituents is 1. The highest BCUT2D eigenvalue weighted by Crippen LogP contribution is 2.24. The standard InChI is InChI=1S/C11H16FNO2/c1-7(6-14)13-8(2)10-5-9(12)3-4-11(10)15/h3-5,7-8,13-15H,6H2,1-2H3/t7-,8?/m0/s1. The summed E-state index contributed by atoms with van der Waals surface area (Å²) in [5, 5.41) is 21.4. The minimum Gasteiger partial charge on any atom is -0.508 e. The number of rotatable bonds is 4. The highest BCUT2D eigenvalue weighted by atomic mass is 19.1. The molecule has 0 spiro atoms. The minimum atomic E-state index is -0.381. The van der Waals surface area contributed by atoms with E-state index in [9.17, 15) is 9.50 Å². The molecular weight excluding hydrogens is 197 g/mol. The van der Waals surface area contributed by atoms with Gasteiger partial charge in [-0.25, -0.2) is 4.39 Å². The number of hydrogen-bond donors (Lipinski definition) is 3. The summed E-state index contributed by atoms with van der Waals surface area (Å²) in [7, 11) is 0. The number of halogens is 1. The fourth-order valence-corrected chi connectivity index (χ4v) is 1.44. The maximum atomic E-state index is 12.9. The maximum Gasteiger partial charge on any atom is 0.123 e. The first kappa shape index (κ1) is 11.9. The molecule has 0 aliphatic rings. The first-order chi connectivity index (χ1) is 7.04. The van der Waals surface area contributed by atoms with Crippen LogP contribution in [0.4, 0.5) is 4.39 Å². The fraction of sp³-hybridized carbons (Fsp3) is 0.455. The Balaban J connectivity index is 2.80. The lowest BCUT2D eigenvalue weighted by Gasteiger charge is -2.19. The van der Waals surface area contributed by atoms with E-state index >= 15 is 0 Å². The van der Waals surface area contributed by atoms with E-state index in [0.29, 0.717) is 5.56 Å². The number of hydrogen-bond acceptors (Lipinski definition) is 3. The Morgan fingerprint density at radius 1 is 1.40 bits per heavy atom. The third kappa shape index (κ3) is 3.18. The molecule has 0 heterocycles. The molecule has 0 saturated carbocycles. The summed E-state index contributed by atoms with van der Waals surface area (Å²) >= 11 is 0. The first-order valence-electron chi connectivity index (χ1n) is 4.90. The molecule has 1 unspecified atom stereocenters. The van der Waals surface area contributed by atoms with E-state index in [1.807, 2.05) is 6.92 Å². The predicted molar refractivity (Wildman–Crippen MR) is 56.2 cm³/mol. The van der Waals surface area contributed by atoms with Crippen molar-refractivity contribution < 1.29 is 14.6 Å². The Bertz CT molecular complexity index is 330. The monoisotopic (exact) mass is 213 g/mol. The Morgan fingerprint density at radius 3 is 2.67 bits per heavy atom. The average Bonchev–Trinajstić information content (AvgIpc) is 2.21. The van der Waals surface area contributed by atoms with E-state index in [-0.39, 0.29) is 30.3 Å². The topological polar surface area (TPSA) is 52.5 Å². The zero-order valence-corrected chi connectivity index (χ0v) is 8.87. The summed E-state index contributed by atoms with van der Waals surface area (Å²) < 4.78 is 12.9. The third-order valence-corrected chi connectivity index (χ3v) is 2.26. The molecule has 0 aromatic heterocycles. The summed E-state index contributed by atoms with van der Waals surface area (Å²) in [6, 6.07) is 3.52. The SMILES string of the molecule is CC(N[C@@H](C)CO)c1cc(F)ccc1O. The van der Waals surface area contributed by atoms with Crippen LogP contribution in [-0.4, -0.2) is 22.9 Å². The summed E-state index contributed by atoms with van der Waals surface area (Å²) in [5.74, 6) is -0.324. The lowest BCUT2D eigenvalue weighted by Crippen LogP contribution is -2.31. The second-order valence-corrected chi connectivity index (χ2v) is 3.68. The van der Waals surface area contributed by atoms with Gasteiger partial charge in [-0.3, -0.25) is 0 Å². The van der Waals surface area contributed by atoms with Gasteiger partial charge in [0.05, 0.1) is 6.61 Å². The van der Waals surface area contributed by atoms with Gasteiger partial charge in [-0.1, -0.05) is 0 Å². The fourth-order valence-electron chi connectivity index (χ4n) is 1.44. The van der Waals surface area contributed by atoms with Crippen molar-refractivity contribution in [1.82, 2.24) is 5.32 Å². The van der Waals surface area contributed by atoms with Gasteiger partial charge in [-0.05, 0) is 32.0 Å². The molecule has 0 fully saturated rings. The van der Waals surface area contributed by atoms with Crippen LogP contribution in [0, 0.1) is 5.82 Å². The van der Waals surface area contributed by atoms with E-state index < -0.39 is 0 Å². The third-order valence-electron chi connectivity index (χ3n) is 2.26. The lowest BCUT2D eigenvalue weighted by molar-refractivity contribution is 0.242. The van der Waals surface area contributed by atoms with Crippen LogP contribution in [0.5, 0.6) is 5.75 Å². The Labute approximate surface area is 88.6 Å². The van der Waals surface area contributed by atoms with E-state index in [2.05, 4.69) is 5.32 Å². The van der Waals surface area contributed by atoms with E-state index in [1.54, 1.807) is 6.92 Å². The zero-order chi connectivity index (χ0) is 11.4. The normalized spacial score (nSPS) is 14.9. The number of aromatic hydroxyl groups is 1. The Hall–Kier alpha value is -1.13. The van der Waals surface area contributed by atoms with Crippen LogP contribution in [0.1, 0.15) is 25.5 Å². The van der Waals surface area contributed by atoms with Crippen molar-refractivity contribution >= 4 is 0 Å². The zero-order valence-electron chi connectivity index (χ0n) is 8.87. The number of phenols is 1. The summed E-state index contributed by atoms with van der Waals surface area (Å²) in [6.07, 6.45) is 0. The van der Waals surface area contributed by atoms with Crippen LogP contribution >= 0.6 is 0 Å². The molecule has 1 aromatic carbocycles. The molecule has 0 saturated heterocycles. The molecule has 0 amide bonds. The smallest absolute Gasteiger partial charge is 0.123 e. The largest absolute Gasteiger partial charge is 0.508 e. The van der Waals surface area contributed by atoms with E-state index in [1.165, 1.54) is 18.2 Å². The molecular formula is C11H16FNO2. The van der Waals surface area contributed by atoms with Crippen molar-refractivity contribution in [3.8, 4) is 5.75 Å². The van der Waals surface area contributed by atoms with Crippen molar-refractivity contribution in [2.75, 3.05) is 6.61 Å². The molecule has 1 aromatic rings. The number of aliphatic hydroxyl groups is 1. The molecule has 2 atom stereocenters. The van der Waals surface area contributed by atoms with Crippen LogP contribution in [0.3, 0.4) is 0 Å². The highest BCUT2D eigenvalue weighted by molar-refractivity contribution is 5.34. The molecule has 3 N–H and O–H groups in total. The molecule has 0 aliphatic carbocycles. The predicted octanol–water partition coefficient (Wildman–Crippen LogP) is 1.56. The number of benzene rings is 1. The van der Waals surface area contributed by atoms with E-state index in [0.717, 1.165) is 0 Å². The molecule has 3 nitrogen and oxygen atoms in total. The first-order valence-corrected chi connectivity index (χ1v) is 4.90. The molecule has 84 valence electrons. The minimum absolute atomic E-state index is 0.000414. The molecule has 1 rings (SSSR count). The van der Waals surface area contributed by atoms with Gasteiger partial charge in [0.2, 0.25) is 0 Å². The summed E-state index contributed by atoms with van der Waals surface area (Å²) in [5.41, 5.74) is 0.496. The average molecular weight is 213 g/mol. The van der Waals surface area contributed by atoms with Gasteiger partial charge in [-0.15, -0.1) is 0 Å². The molecule has 0 bridgehead atoms. The van der Waals surface area contributed by atoms with Crippen molar-refractivity contribution in [1.29, 1.82) is 0 Å². The number of aliphatic hydroxyl groups excluding tert-OH is 1. The van der Waals surface area contributed by atoms with Gasteiger partial charge in [-0.2, -0.15) is 0 Å². The van der Waals surface area contributed by atoms with Crippen molar-refractivity contribution in [3.05, 3.63) is 29.6 Å². The Morgan fingerprint density at radius 2 is 2.07 bits per heavy atom. The molecule has 0 radical (unpaired) electrons. The van der Waals surface area contributed by atoms with Crippen LogP contribution in [-0.2, 0) is 0 Å². The second-order valence-electron chi connectivity index (χ2n) is 3.68.